The predicted molar refractivity (Wildman–Crippen MR) is 51.2 cm³/mol. The van der Waals surface area contributed by atoms with E-state index in [1.54, 1.807) is 0 Å². The zero-order valence-electron chi connectivity index (χ0n) is 7.78. The molecule has 1 aliphatic rings. The van der Waals surface area contributed by atoms with Crippen LogP contribution in [0.4, 0.5) is 10.3 Å². The summed E-state index contributed by atoms with van der Waals surface area (Å²) in [4.78, 5) is 7.55. The normalized spacial score (nSPS) is 17.9. The molecule has 76 valence electrons. The van der Waals surface area contributed by atoms with Crippen molar-refractivity contribution in [2.75, 3.05) is 11.9 Å². The van der Waals surface area contributed by atoms with Gasteiger partial charge in [-0.3, -0.25) is 0 Å². The Balaban J connectivity index is 1.82. The molecule has 1 unspecified atom stereocenters. The molecule has 4 nitrogen and oxygen atoms in total. The Bertz CT molecular complexity index is 296. The fourth-order valence-electron chi connectivity index (χ4n) is 1.30. The number of rotatable bonds is 4. The van der Waals surface area contributed by atoms with E-state index in [1.807, 2.05) is 0 Å². The molecule has 0 aliphatic heterocycles. The Kier molecular flexibility index (Phi) is 2.58. The van der Waals surface area contributed by atoms with Crippen molar-refractivity contribution >= 4 is 5.95 Å². The Morgan fingerprint density at radius 3 is 2.71 bits per heavy atom. The van der Waals surface area contributed by atoms with Gasteiger partial charge in [0.25, 0.3) is 0 Å². The monoisotopic (exact) mass is 196 g/mol. The second-order valence-corrected chi connectivity index (χ2v) is 3.61. The molecule has 3 N–H and O–H groups in total. The zero-order valence-corrected chi connectivity index (χ0v) is 7.78. The fourth-order valence-corrected chi connectivity index (χ4v) is 1.30. The van der Waals surface area contributed by atoms with Crippen LogP contribution in [0.25, 0.3) is 0 Å². The van der Waals surface area contributed by atoms with E-state index in [0.29, 0.717) is 18.4 Å². The molecule has 0 aromatic carbocycles. The van der Waals surface area contributed by atoms with Gasteiger partial charge in [0.05, 0.1) is 12.4 Å². The number of halogens is 1. The van der Waals surface area contributed by atoms with E-state index in [-0.39, 0.29) is 6.04 Å². The van der Waals surface area contributed by atoms with Crippen LogP contribution in [0.1, 0.15) is 12.8 Å². The van der Waals surface area contributed by atoms with E-state index >= 15 is 0 Å². The molecular weight excluding hydrogens is 183 g/mol. The summed E-state index contributed by atoms with van der Waals surface area (Å²) in [5.74, 6) is 0.646. The van der Waals surface area contributed by atoms with Gasteiger partial charge in [-0.15, -0.1) is 0 Å². The van der Waals surface area contributed by atoms with Gasteiger partial charge in [-0.05, 0) is 18.8 Å². The summed E-state index contributed by atoms with van der Waals surface area (Å²) >= 11 is 0. The van der Waals surface area contributed by atoms with Gasteiger partial charge >= 0.3 is 0 Å². The van der Waals surface area contributed by atoms with Gasteiger partial charge in [-0.25, -0.2) is 14.4 Å². The third kappa shape index (κ3) is 2.38. The molecule has 1 aliphatic carbocycles. The van der Waals surface area contributed by atoms with Gasteiger partial charge in [-0.1, -0.05) is 0 Å². The van der Waals surface area contributed by atoms with Crippen LogP contribution in [0, 0.1) is 11.7 Å². The first-order chi connectivity index (χ1) is 6.75. The molecule has 1 aromatic rings. The van der Waals surface area contributed by atoms with Crippen molar-refractivity contribution in [1.29, 1.82) is 0 Å². The molecule has 14 heavy (non-hydrogen) atoms. The molecule has 1 fully saturated rings. The van der Waals surface area contributed by atoms with Crippen LogP contribution in [0.2, 0.25) is 0 Å². The molecule has 1 saturated carbocycles. The Hall–Kier alpha value is -1.23. The number of nitrogens with two attached hydrogens (primary N) is 1. The minimum absolute atomic E-state index is 0.156. The van der Waals surface area contributed by atoms with Crippen molar-refractivity contribution in [2.45, 2.75) is 18.9 Å². The van der Waals surface area contributed by atoms with Crippen LogP contribution < -0.4 is 11.1 Å². The van der Waals surface area contributed by atoms with E-state index in [1.165, 1.54) is 12.8 Å². The van der Waals surface area contributed by atoms with Gasteiger partial charge in [0, 0.05) is 12.6 Å². The first-order valence-electron chi connectivity index (χ1n) is 4.72. The van der Waals surface area contributed by atoms with E-state index in [0.717, 1.165) is 12.4 Å². The lowest BCUT2D eigenvalue weighted by Crippen LogP contribution is -2.31. The number of anilines is 1. The third-order valence-electron chi connectivity index (χ3n) is 2.34. The van der Waals surface area contributed by atoms with Gasteiger partial charge in [-0.2, -0.15) is 0 Å². The lowest BCUT2D eigenvalue weighted by molar-refractivity contribution is 0.607. The van der Waals surface area contributed by atoms with E-state index in [9.17, 15) is 4.39 Å². The van der Waals surface area contributed by atoms with Crippen molar-refractivity contribution < 1.29 is 4.39 Å². The van der Waals surface area contributed by atoms with Crippen LogP contribution in [0.3, 0.4) is 0 Å². The fraction of sp³-hybridized carbons (Fsp3) is 0.556. The maximum atomic E-state index is 12.4. The Morgan fingerprint density at radius 2 is 2.14 bits per heavy atom. The van der Waals surface area contributed by atoms with Gasteiger partial charge in [0.15, 0.2) is 5.82 Å². The minimum Gasteiger partial charge on any atom is -0.353 e. The lowest BCUT2D eigenvalue weighted by Gasteiger charge is -2.10. The SMILES string of the molecule is NC(CNc1ncc(F)cn1)C1CC1. The molecule has 0 amide bonds. The molecule has 0 radical (unpaired) electrons. The predicted octanol–water partition coefficient (Wildman–Crippen LogP) is 0.765. The number of nitrogens with one attached hydrogen (secondary N) is 1. The van der Waals surface area contributed by atoms with Crippen LogP contribution in [0.5, 0.6) is 0 Å². The van der Waals surface area contributed by atoms with Crippen molar-refractivity contribution in [3.05, 3.63) is 18.2 Å². The highest BCUT2D eigenvalue weighted by Crippen LogP contribution is 2.31. The smallest absolute Gasteiger partial charge is 0.222 e. The van der Waals surface area contributed by atoms with Gasteiger partial charge < -0.3 is 11.1 Å². The highest BCUT2D eigenvalue weighted by atomic mass is 19.1. The topological polar surface area (TPSA) is 63.8 Å². The molecule has 1 heterocycles. The Labute approximate surface area is 81.7 Å². The zero-order chi connectivity index (χ0) is 9.97. The summed E-state index contributed by atoms with van der Waals surface area (Å²) in [5.41, 5.74) is 5.86. The number of hydrogen-bond acceptors (Lipinski definition) is 4. The van der Waals surface area contributed by atoms with Crippen molar-refractivity contribution in [1.82, 2.24) is 9.97 Å². The molecule has 5 heteroatoms. The summed E-state index contributed by atoms with van der Waals surface area (Å²) in [5, 5.41) is 2.98. The second-order valence-electron chi connectivity index (χ2n) is 3.61. The quantitative estimate of drug-likeness (QED) is 0.746. The highest BCUT2D eigenvalue weighted by molar-refractivity contribution is 5.22. The third-order valence-corrected chi connectivity index (χ3v) is 2.34. The molecular formula is C9H13FN4. The van der Waals surface area contributed by atoms with Gasteiger partial charge in [0.1, 0.15) is 0 Å². The summed E-state index contributed by atoms with van der Waals surface area (Å²) in [6.45, 7) is 0.649. The standard InChI is InChI=1S/C9H13FN4/c10-7-3-12-9(13-4-7)14-5-8(11)6-1-2-6/h3-4,6,8H,1-2,5,11H2,(H,12,13,14). The van der Waals surface area contributed by atoms with E-state index in [2.05, 4.69) is 15.3 Å². The molecule has 1 aromatic heterocycles. The summed E-state index contributed by atoms with van der Waals surface area (Å²) in [6, 6.07) is 0.156. The number of aromatic nitrogens is 2. The summed E-state index contributed by atoms with van der Waals surface area (Å²) in [7, 11) is 0. The number of hydrogen-bond donors (Lipinski definition) is 2. The molecule has 2 rings (SSSR count). The highest BCUT2D eigenvalue weighted by Gasteiger charge is 2.28. The van der Waals surface area contributed by atoms with Crippen molar-refractivity contribution in [3.63, 3.8) is 0 Å². The first kappa shape index (κ1) is 9.33. The average Bonchev–Trinajstić information content (AvgIpc) is 3.00. The van der Waals surface area contributed by atoms with Crippen molar-refractivity contribution in [2.24, 2.45) is 11.7 Å². The van der Waals surface area contributed by atoms with Crippen LogP contribution in [-0.4, -0.2) is 22.6 Å². The lowest BCUT2D eigenvalue weighted by atomic mass is 10.2. The second kappa shape index (κ2) is 3.88. The maximum absolute atomic E-state index is 12.4. The van der Waals surface area contributed by atoms with E-state index in [4.69, 9.17) is 5.73 Å². The molecule has 0 spiro atoms. The van der Waals surface area contributed by atoms with Gasteiger partial charge in [0.2, 0.25) is 5.95 Å². The van der Waals surface area contributed by atoms with Crippen molar-refractivity contribution in [3.8, 4) is 0 Å². The average molecular weight is 196 g/mol. The van der Waals surface area contributed by atoms with Crippen LogP contribution in [-0.2, 0) is 0 Å². The molecule has 0 bridgehead atoms. The minimum atomic E-state index is -0.429. The number of nitrogens with zero attached hydrogens (tertiary/aromatic N) is 2. The summed E-state index contributed by atoms with van der Waals surface area (Å²) in [6.07, 6.45) is 4.70. The molecule has 0 saturated heterocycles. The summed E-state index contributed by atoms with van der Waals surface area (Å²) < 4.78 is 12.4. The van der Waals surface area contributed by atoms with Crippen LogP contribution in [0.15, 0.2) is 12.4 Å². The molecule has 1 atom stereocenters. The van der Waals surface area contributed by atoms with Crippen LogP contribution >= 0.6 is 0 Å². The van der Waals surface area contributed by atoms with E-state index < -0.39 is 5.82 Å². The Morgan fingerprint density at radius 1 is 1.50 bits per heavy atom. The largest absolute Gasteiger partial charge is 0.353 e. The maximum Gasteiger partial charge on any atom is 0.222 e. The first-order valence-corrected chi connectivity index (χ1v) is 4.72.